The van der Waals surface area contributed by atoms with Crippen LogP contribution in [0.1, 0.15) is 12.0 Å². The van der Waals surface area contributed by atoms with Crippen molar-refractivity contribution >= 4 is 11.0 Å². The van der Waals surface area contributed by atoms with Crippen LogP contribution < -0.4 is 0 Å². The van der Waals surface area contributed by atoms with E-state index < -0.39 is 0 Å². The highest BCUT2D eigenvalue weighted by Gasteiger charge is 2.14. The molecule has 0 radical (unpaired) electrons. The summed E-state index contributed by atoms with van der Waals surface area (Å²) in [5, 5.41) is 0. The molecular weight excluding hydrogens is 394 g/mol. The lowest BCUT2D eigenvalue weighted by atomic mass is 9.98. The van der Waals surface area contributed by atoms with Crippen LogP contribution in [0.15, 0.2) is 67.1 Å². The Labute approximate surface area is 190 Å². The van der Waals surface area contributed by atoms with Crippen LogP contribution >= 0.6 is 0 Å². The highest BCUT2D eigenvalue weighted by Crippen LogP contribution is 2.32. The fourth-order valence-electron chi connectivity index (χ4n) is 4.60. The van der Waals surface area contributed by atoms with Crippen LogP contribution in [-0.2, 0) is 6.54 Å². The molecule has 2 aromatic heterocycles. The van der Waals surface area contributed by atoms with Gasteiger partial charge in [0, 0.05) is 50.0 Å². The average molecular weight is 426 g/mol. The van der Waals surface area contributed by atoms with Crippen LogP contribution in [0.25, 0.3) is 33.4 Å². The molecule has 1 fully saturated rings. The molecular formula is C27H31N5. The van der Waals surface area contributed by atoms with E-state index in [4.69, 9.17) is 4.98 Å². The minimum atomic E-state index is 0.990. The normalized spacial score (nSPS) is 15.4. The smallest absolute Gasteiger partial charge is 0.0958 e. The van der Waals surface area contributed by atoms with E-state index in [2.05, 4.69) is 81.9 Å². The molecule has 2 aromatic carbocycles. The highest BCUT2D eigenvalue weighted by atomic mass is 15.2. The first kappa shape index (κ1) is 20.9. The summed E-state index contributed by atoms with van der Waals surface area (Å²) in [4.78, 5) is 14.4. The first-order chi connectivity index (χ1) is 15.7. The number of rotatable bonds is 6. The Hall–Kier alpha value is -3.02. The van der Waals surface area contributed by atoms with Crippen molar-refractivity contribution in [2.45, 2.75) is 19.9 Å². The van der Waals surface area contributed by atoms with Gasteiger partial charge in [-0.2, -0.15) is 0 Å². The number of pyridine rings is 1. The topological polar surface area (TPSA) is 37.2 Å². The summed E-state index contributed by atoms with van der Waals surface area (Å²) >= 11 is 0. The zero-order chi connectivity index (χ0) is 21.9. The molecule has 32 heavy (non-hydrogen) atoms. The Kier molecular flexibility index (Phi) is 6.02. The number of hydrogen-bond donors (Lipinski definition) is 0. The zero-order valence-electron chi connectivity index (χ0n) is 19.0. The quantitative estimate of drug-likeness (QED) is 0.448. The molecule has 3 heterocycles. The Bertz CT molecular complexity index is 1200. The van der Waals surface area contributed by atoms with E-state index in [0.29, 0.717) is 0 Å². The van der Waals surface area contributed by atoms with Crippen molar-refractivity contribution < 1.29 is 0 Å². The monoisotopic (exact) mass is 425 g/mol. The van der Waals surface area contributed by atoms with Crippen molar-refractivity contribution in [3.8, 4) is 22.4 Å². The third-order valence-corrected chi connectivity index (χ3v) is 6.50. The number of likely N-dealkylation sites (N-methyl/N-ethyl adjacent to an activating group) is 1. The molecule has 0 amide bonds. The lowest BCUT2D eigenvalue weighted by molar-refractivity contribution is 0.151. The maximum Gasteiger partial charge on any atom is 0.0958 e. The molecule has 0 N–H and O–H groups in total. The molecule has 0 atom stereocenters. The van der Waals surface area contributed by atoms with Gasteiger partial charge in [-0.05, 0) is 56.8 Å². The van der Waals surface area contributed by atoms with Gasteiger partial charge in [-0.1, -0.05) is 35.9 Å². The Morgan fingerprint density at radius 3 is 2.56 bits per heavy atom. The van der Waals surface area contributed by atoms with E-state index in [-0.39, 0.29) is 0 Å². The van der Waals surface area contributed by atoms with Gasteiger partial charge in [0.1, 0.15) is 0 Å². The van der Waals surface area contributed by atoms with Gasteiger partial charge in [-0.25, -0.2) is 4.98 Å². The third kappa shape index (κ3) is 4.45. The van der Waals surface area contributed by atoms with E-state index >= 15 is 0 Å². The lowest BCUT2D eigenvalue weighted by Crippen LogP contribution is -2.44. The molecule has 0 unspecified atom stereocenters. The van der Waals surface area contributed by atoms with Gasteiger partial charge in [0.05, 0.1) is 23.1 Å². The summed E-state index contributed by atoms with van der Waals surface area (Å²) in [6, 6.07) is 19.3. The van der Waals surface area contributed by atoms with Crippen molar-refractivity contribution in [2.75, 3.05) is 39.8 Å². The second kappa shape index (κ2) is 9.23. The number of imidazole rings is 1. The second-order valence-electron chi connectivity index (χ2n) is 8.91. The third-order valence-electron chi connectivity index (χ3n) is 6.50. The van der Waals surface area contributed by atoms with Crippen LogP contribution in [0.5, 0.6) is 0 Å². The Morgan fingerprint density at radius 1 is 0.844 bits per heavy atom. The van der Waals surface area contributed by atoms with Crippen molar-refractivity contribution in [2.24, 2.45) is 0 Å². The van der Waals surface area contributed by atoms with E-state index in [0.717, 1.165) is 41.8 Å². The number of piperazine rings is 1. The van der Waals surface area contributed by atoms with Crippen molar-refractivity contribution in [1.82, 2.24) is 24.3 Å². The number of fused-ring (bicyclic) bond motifs is 1. The van der Waals surface area contributed by atoms with Gasteiger partial charge in [-0.3, -0.25) is 4.98 Å². The molecule has 5 rings (SSSR count). The van der Waals surface area contributed by atoms with Crippen LogP contribution in [0.4, 0.5) is 0 Å². The Balaban J connectivity index is 1.39. The van der Waals surface area contributed by atoms with E-state index in [9.17, 15) is 0 Å². The first-order valence-electron chi connectivity index (χ1n) is 11.6. The number of nitrogens with zero attached hydrogens (tertiary/aromatic N) is 5. The standard InChI is InChI=1S/C27H31N5/c1-21-6-3-7-23(18-21)27-24(8-4-11-28-27)22-9-10-25-26(19-22)32(20-29-25)13-5-12-31-16-14-30(2)15-17-31/h3-4,6-11,18-20H,5,12-17H2,1-2H3. The molecule has 0 saturated carbocycles. The molecule has 1 aliphatic heterocycles. The molecule has 5 heteroatoms. The Morgan fingerprint density at radius 2 is 1.72 bits per heavy atom. The molecule has 1 aliphatic rings. The summed E-state index contributed by atoms with van der Waals surface area (Å²) in [5.41, 5.74) is 8.01. The first-order valence-corrected chi connectivity index (χ1v) is 11.6. The van der Waals surface area contributed by atoms with E-state index in [1.807, 2.05) is 18.6 Å². The van der Waals surface area contributed by atoms with Crippen LogP contribution in [0.2, 0.25) is 0 Å². The SMILES string of the molecule is Cc1cccc(-c2ncccc2-c2ccc3ncn(CCCN4CCN(C)CC4)c3c2)c1. The summed E-state index contributed by atoms with van der Waals surface area (Å²) in [6.07, 6.45) is 5.01. The zero-order valence-corrected chi connectivity index (χ0v) is 19.0. The maximum atomic E-state index is 4.73. The van der Waals surface area contributed by atoms with Gasteiger partial charge in [0.25, 0.3) is 0 Å². The fourth-order valence-corrected chi connectivity index (χ4v) is 4.60. The average Bonchev–Trinajstić information content (AvgIpc) is 3.22. The van der Waals surface area contributed by atoms with Crippen LogP contribution in [0.3, 0.4) is 0 Å². The minimum Gasteiger partial charge on any atom is -0.331 e. The number of benzene rings is 2. The summed E-state index contributed by atoms with van der Waals surface area (Å²) in [5.74, 6) is 0. The molecule has 5 nitrogen and oxygen atoms in total. The predicted octanol–water partition coefficient (Wildman–Crippen LogP) is 4.71. The van der Waals surface area contributed by atoms with Gasteiger partial charge in [0.2, 0.25) is 0 Å². The van der Waals surface area contributed by atoms with E-state index in [1.54, 1.807) is 0 Å². The second-order valence-corrected chi connectivity index (χ2v) is 8.91. The molecule has 1 saturated heterocycles. The molecule has 0 aliphatic carbocycles. The molecule has 0 bridgehead atoms. The summed E-state index contributed by atoms with van der Waals surface area (Å²) < 4.78 is 2.30. The minimum absolute atomic E-state index is 0.990. The number of hydrogen-bond acceptors (Lipinski definition) is 4. The van der Waals surface area contributed by atoms with Crippen LogP contribution in [0, 0.1) is 6.92 Å². The maximum absolute atomic E-state index is 4.73. The van der Waals surface area contributed by atoms with Crippen molar-refractivity contribution in [1.29, 1.82) is 0 Å². The number of aromatic nitrogens is 3. The van der Waals surface area contributed by atoms with Crippen molar-refractivity contribution in [3.05, 3.63) is 72.7 Å². The molecule has 164 valence electrons. The lowest BCUT2D eigenvalue weighted by Gasteiger charge is -2.32. The fraction of sp³-hybridized carbons (Fsp3) is 0.333. The van der Waals surface area contributed by atoms with Gasteiger partial charge >= 0.3 is 0 Å². The number of aryl methyl sites for hydroxylation is 2. The van der Waals surface area contributed by atoms with Gasteiger partial charge < -0.3 is 14.4 Å². The van der Waals surface area contributed by atoms with Gasteiger partial charge in [-0.15, -0.1) is 0 Å². The van der Waals surface area contributed by atoms with Crippen molar-refractivity contribution in [3.63, 3.8) is 0 Å². The molecule has 0 spiro atoms. The summed E-state index contributed by atoms with van der Waals surface area (Å²) in [6.45, 7) is 8.95. The van der Waals surface area contributed by atoms with Crippen LogP contribution in [-0.4, -0.2) is 64.1 Å². The largest absolute Gasteiger partial charge is 0.331 e. The highest BCUT2D eigenvalue weighted by molar-refractivity contribution is 5.87. The predicted molar refractivity (Wildman–Crippen MR) is 132 cm³/mol. The summed E-state index contributed by atoms with van der Waals surface area (Å²) in [7, 11) is 2.21. The van der Waals surface area contributed by atoms with E-state index in [1.165, 1.54) is 42.8 Å². The molecule has 4 aromatic rings. The van der Waals surface area contributed by atoms with Gasteiger partial charge in [0.15, 0.2) is 0 Å².